The second-order valence-corrected chi connectivity index (χ2v) is 6.14. The highest BCUT2D eigenvalue weighted by atomic mass is 35.5. The summed E-state index contributed by atoms with van der Waals surface area (Å²) in [7, 11) is 0. The summed E-state index contributed by atoms with van der Waals surface area (Å²) in [4.78, 5) is 13.8. The number of nitrogens with zero attached hydrogens (tertiary/aromatic N) is 1. The van der Waals surface area contributed by atoms with E-state index < -0.39 is 5.60 Å². The molecule has 1 aliphatic rings. The van der Waals surface area contributed by atoms with Crippen LogP contribution in [0.4, 0.5) is 0 Å². The van der Waals surface area contributed by atoms with E-state index in [-0.39, 0.29) is 5.91 Å². The fourth-order valence-corrected chi connectivity index (χ4v) is 2.40. The smallest absolute Gasteiger partial charge is 0.246 e. The molecule has 0 saturated carbocycles. The van der Waals surface area contributed by atoms with Gasteiger partial charge in [0.2, 0.25) is 5.91 Å². The maximum absolute atomic E-state index is 12.0. The van der Waals surface area contributed by atoms with Crippen LogP contribution in [0.2, 0.25) is 10.0 Å². The molecule has 1 fully saturated rings. The number of likely N-dealkylation sites (tertiary alicyclic amines) is 1. The molecule has 1 aromatic rings. The third-order valence-corrected chi connectivity index (χ3v) is 4.25. The van der Waals surface area contributed by atoms with Gasteiger partial charge in [-0.15, -0.1) is 0 Å². The van der Waals surface area contributed by atoms with Gasteiger partial charge in [-0.25, -0.2) is 0 Å². The highest BCUT2D eigenvalue weighted by Gasteiger charge is 2.28. The lowest BCUT2D eigenvalue weighted by Gasteiger charge is -2.35. The molecule has 1 N–H and O–H groups in total. The van der Waals surface area contributed by atoms with Crippen molar-refractivity contribution in [3.05, 3.63) is 39.9 Å². The minimum atomic E-state index is -0.649. The Balaban J connectivity index is 1.97. The number of rotatable bonds is 2. The van der Waals surface area contributed by atoms with Gasteiger partial charge in [0.05, 0.1) is 15.6 Å². The summed E-state index contributed by atoms with van der Waals surface area (Å²) in [6, 6.07) is 5.22. The van der Waals surface area contributed by atoms with E-state index in [1.807, 2.05) is 0 Å². The molecule has 3 nitrogen and oxygen atoms in total. The van der Waals surface area contributed by atoms with Crippen molar-refractivity contribution < 1.29 is 9.90 Å². The number of hydrogen-bond donors (Lipinski definition) is 1. The molecule has 0 aliphatic carbocycles. The number of hydrogen-bond acceptors (Lipinski definition) is 2. The fraction of sp³-hybridized carbons (Fsp3) is 0.400. The van der Waals surface area contributed by atoms with Crippen LogP contribution in [-0.2, 0) is 4.79 Å². The van der Waals surface area contributed by atoms with Crippen LogP contribution < -0.4 is 0 Å². The summed E-state index contributed by atoms with van der Waals surface area (Å²) in [6.45, 7) is 2.97. The predicted molar refractivity (Wildman–Crippen MR) is 81.9 cm³/mol. The van der Waals surface area contributed by atoms with Crippen molar-refractivity contribution in [3.8, 4) is 0 Å². The lowest BCUT2D eigenvalue weighted by molar-refractivity contribution is -0.129. The van der Waals surface area contributed by atoms with E-state index in [9.17, 15) is 9.90 Å². The molecule has 0 aromatic heterocycles. The summed E-state index contributed by atoms with van der Waals surface area (Å²) in [6.07, 6.45) is 4.47. The molecule has 1 saturated heterocycles. The number of carbonyl (C=O) groups is 1. The first-order chi connectivity index (χ1) is 9.37. The average molecular weight is 314 g/mol. The van der Waals surface area contributed by atoms with Crippen molar-refractivity contribution in [1.29, 1.82) is 0 Å². The Kier molecular flexibility index (Phi) is 4.74. The highest BCUT2D eigenvalue weighted by molar-refractivity contribution is 6.42. The van der Waals surface area contributed by atoms with Gasteiger partial charge in [0.25, 0.3) is 0 Å². The van der Waals surface area contributed by atoms with Crippen LogP contribution in [0.3, 0.4) is 0 Å². The lowest BCUT2D eigenvalue weighted by atomic mass is 9.94. The Morgan fingerprint density at radius 1 is 1.30 bits per heavy atom. The zero-order chi connectivity index (χ0) is 14.8. The van der Waals surface area contributed by atoms with Gasteiger partial charge in [0, 0.05) is 19.2 Å². The Morgan fingerprint density at radius 2 is 1.95 bits per heavy atom. The first kappa shape index (κ1) is 15.4. The molecule has 20 heavy (non-hydrogen) atoms. The molecule has 0 unspecified atom stereocenters. The van der Waals surface area contributed by atoms with Gasteiger partial charge in [-0.3, -0.25) is 4.79 Å². The first-order valence-corrected chi connectivity index (χ1v) is 7.27. The molecule has 0 spiro atoms. The topological polar surface area (TPSA) is 40.5 Å². The molecule has 0 atom stereocenters. The van der Waals surface area contributed by atoms with Crippen molar-refractivity contribution in [1.82, 2.24) is 4.90 Å². The van der Waals surface area contributed by atoms with Gasteiger partial charge in [-0.1, -0.05) is 29.3 Å². The van der Waals surface area contributed by atoms with E-state index in [0.29, 0.717) is 36.0 Å². The number of aliphatic hydroxyl groups is 1. The van der Waals surface area contributed by atoms with Crippen molar-refractivity contribution in [2.24, 2.45) is 0 Å². The zero-order valence-corrected chi connectivity index (χ0v) is 12.8. The molecule has 1 amide bonds. The number of benzene rings is 1. The van der Waals surface area contributed by atoms with Crippen LogP contribution >= 0.6 is 23.2 Å². The SMILES string of the molecule is CC1(O)CCN(C(=O)/C=C/c2ccc(Cl)c(Cl)c2)CC1. The third kappa shape index (κ3) is 3.98. The van der Waals surface area contributed by atoms with Gasteiger partial charge in [0.1, 0.15) is 0 Å². The number of halogens is 2. The van der Waals surface area contributed by atoms with E-state index in [2.05, 4.69) is 0 Å². The molecule has 1 heterocycles. The monoisotopic (exact) mass is 313 g/mol. The predicted octanol–water partition coefficient (Wildman–Crippen LogP) is 3.38. The lowest BCUT2D eigenvalue weighted by Crippen LogP contribution is -2.44. The standard InChI is InChI=1S/C15H17Cl2NO2/c1-15(20)6-8-18(9-7-15)14(19)5-3-11-2-4-12(16)13(17)10-11/h2-5,10,20H,6-9H2,1H3/b5-3+. The Bertz CT molecular complexity index is 531. The summed E-state index contributed by atoms with van der Waals surface area (Å²) < 4.78 is 0. The quantitative estimate of drug-likeness (QED) is 0.850. The minimum absolute atomic E-state index is 0.0495. The van der Waals surface area contributed by atoms with Crippen LogP contribution in [0.1, 0.15) is 25.3 Å². The van der Waals surface area contributed by atoms with Crippen LogP contribution in [0.15, 0.2) is 24.3 Å². The number of carbonyl (C=O) groups excluding carboxylic acids is 1. The van der Waals surface area contributed by atoms with Gasteiger partial charge in [-0.05, 0) is 43.5 Å². The van der Waals surface area contributed by atoms with Gasteiger partial charge >= 0.3 is 0 Å². The molecule has 2 rings (SSSR count). The molecule has 0 radical (unpaired) electrons. The van der Waals surface area contributed by atoms with Crippen molar-refractivity contribution in [2.45, 2.75) is 25.4 Å². The molecule has 108 valence electrons. The average Bonchev–Trinajstić information content (AvgIpc) is 2.40. The number of amides is 1. The van der Waals surface area contributed by atoms with E-state index in [0.717, 1.165) is 5.56 Å². The van der Waals surface area contributed by atoms with Crippen LogP contribution in [0, 0.1) is 0 Å². The van der Waals surface area contributed by atoms with Gasteiger partial charge in [0.15, 0.2) is 0 Å². The van der Waals surface area contributed by atoms with Crippen LogP contribution in [0.25, 0.3) is 6.08 Å². The Morgan fingerprint density at radius 3 is 2.55 bits per heavy atom. The molecule has 5 heteroatoms. The maximum atomic E-state index is 12.0. The van der Waals surface area contributed by atoms with Crippen LogP contribution in [-0.4, -0.2) is 34.6 Å². The summed E-state index contributed by atoms with van der Waals surface area (Å²) in [5.41, 5.74) is 0.182. The molecule has 1 aliphatic heterocycles. The Hall–Kier alpha value is -1.03. The maximum Gasteiger partial charge on any atom is 0.246 e. The van der Waals surface area contributed by atoms with Crippen molar-refractivity contribution >= 4 is 35.2 Å². The Labute approximate surface area is 128 Å². The zero-order valence-electron chi connectivity index (χ0n) is 11.3. The van der Waals surface area contributed by atoms with Crippen LogP contribution in [0.5, 0.6) is 0 Å². The van der Waals surface area contributed by atoms with E-state index >= 15 is 0 Å². The highest BCUT2D eigenvalue weighted by Crippen LogP contribution is 2.24. The molecule has 1 aromatic carbocycles. The van der Waals surface area contributed by atoms with Gasteiger partial charge < -0.3 is 10.0 Å². The molecular formula is C15H17Cl2NO2. The van der Waals surface area contributed by atoms with Crippen molar-refractivity contribution in [3.63, 3.8) is 0 Å². The second kappa shape index (κ2) is 6.17. The minimum Gasteiger partial charge on any atom is -0.390 e. The van der Waals surface area contributed by atoms with Crippen molar-refractivity contribution in [2.75, 3.05) is 13.1 Å². The third-order valence-electron chi connectivity index (χ3n) is 3.51. The summed E-state index contributed by atoms with van der Waals surface area (Å²) in [5, 5.41) is 10.8. The fourth-order valence-electron chi connectivity index (χ4n) is 2.10. The molecular weight excluding hydrogens is 297 g/mol. The largest absolute Gasteiger partial charge is 0.390 e. The van der Waals surface area contributed by atoms with Gasteiger partial charge in [-0.2, -0.15) is 0 Å². The van der Waals surface area contributed by atoms with E-state index in [4.69, 9.17) is 23.2 Å². The molecule has 0 bridgehead atoms. The second-order valence-electron chi connectivity index (χ2n) is 5.33. The number of piperidine rings is 1. The van der Waals surface area contributed by atoms with E-state index in [1.54, 1.807) is 36.1 Å². The first-order valence-electron chi connectivity index (χ1n) is 6.52. The summed E-state index contributed by atoms with van der Waals surface area (Å²) in [5.74, 6) is -0.0495. The normalized spacial score (nSPS) is 18.5. The summed E-state index contributed by atoms with van der Waals surface area (Å²) >= 11 is 11.8. The van der Waals surface area contributed by atoms with E-state index in [1.165, 1.54) is 6.08 Å².